The number of hydrogen-bond donors (Lipinski definition) is 1. The monoisotopic (exact) mass is 376 g/mol. The molecular weight excluding hydrogens is 369 g/mol. The molecule has 4 nitrogen and oxygen atoms in total. The first kappa shape index (κ1) is 16.7. The Hall–Kier alpha value is -2.19. The predicted molar refractivity (Wildman–Crippen MR) is 82.3 cm³/mol. The first-order chi connectivity index (χ1) is 11.3. The van der Waals surface area contributed by atoms with E-state index in [1.54, 1.807) is 17.5 Å². The van der Waals surface area contributed by atoms with Crippen molar-refractivity contribution in [1.82, 2.24) is 0 Å². The van der Waals surface area contributed by atoms with Gasteiger partial charge in [0.25, 0.3) is 6.10 Å². The van der Waals surface area contributed by atoms with Crippen molar-refractivity contribution in [2.45, 2.75) is 12.3 Å². The van der Waals surface area contributed by atoms with Crippen LogP contribution in [0.25, 0.3) is 16.5 Å². The van der Waals surface area contributed by atoms with E-state index >= 15 is 0 Å². The Morgan fingerprint density at radius 3 is 2.71 bits per heavy atom. The lowest BCUT2D eigenvalue weighted by Crippen LogP contribution is -2.39. The van der Waals surface area contributed by atoms with Gasteiger partial charge in [0.2, 0.25) is 0 Å². The maximum atomic E-state index is 13.2. The third kappa shape index (κ3) is 3.20. The molecule has 2 aromatic rings. The normalized spacial score (nSPS) is 16.8. The highest BCUT2D eigenvalue weighted by Crippen LogP contribution is 2.45. The summed E-state index contributed by atoms with van der Waals surface area (Å²) in [5.74, 6) is -0.885. The summed E-state index contributed by atoms with van der Waals surface area (Å²) in [5, 5.41) is 10.7. The summed E-state index contributed by atoms with van der Waals surface area (Å²) in [4.78, 5) is 11.3. The van der Waals surface area contributed by atoms with Gasteiger partial charge in [-0.25, -0.2) is 4.79 Å². The highest BCUT2D eigenvalue weighted by Gasteiger charge is 2.48. The van der Waals surface area contributed by atoms with Gasteiger partial charge in [0.05, 0.1) is 0 Å². The van der Waals surface area contributed by atoms with Crippen molar-refractivity contribution in [2.75, 3.05) is 0 Å². The fourth-order valence-electron chi connectivity index (χ4n) is 2.29. The molecule has 0 bridgehead atoms. The van der Waals surface area contributed by atoms with E-state index in [0.717, 1.165) is 6.08 Å². The molecule has 9 heteroatoms. The quantitative estimate of drug-likeness (QED) is 0.710. The van der Waals surface area contributed by atoms with E-state index in [4.69, 9.17) is 21.4 Å². The minimum Gasteiger partial charge on any atom is -0.472 e. The van der Waals surface area contributed by atoms with Gasteiger partial charge < -0.3 is 14.6 Å². The van der Waals surface area contributed by atoms with Crippen LogP contribution in [0.4, 0.5) is 18.0 Å². The molecule has 1 aromatic carbocycles. The zero-order chi connectivity index (χ0) is 17.5. The molecule has 0 radical (unpaired) electrons. The third-order valence-electron chi connectivity index (χ3n) is 3.16. The Balaban J connectivity index is 2.17. The van der Waals surface area contributed by atoms with Crippen LogP contribution in [0.2, 0.25) is 5.02 Å². The summed E-state index contributed by atoms with van der Waals surface area (Å²) in [6.07, 6.45) is -8.23. The number of alkyl halides is 3. The summed E-state index contributed by atoms with van der Waals surface area (Å²) in [6.45, 7) is 0. The number of benzene rings is 1. The van der Waals surface area contributed by atoms with Gasteiger partial charge in [-0.1, -0.05) is 17.7 Å². The molecule has 2 heterocycles. The zero-order valence-electron chi connectivity index (χ0n) is 11.6. The Labute approximate surface area is 142 Å². The molecule has 3 rings (SSSR count). The van der Waals surface area contributed by atoms with Crippen LogP contribution in [0.1, 0.15) is 5.56 Å². The Morgan fingerprint density at radius 1 is 1.38 bits per heavy atom. The molecule has 1 aromatic heterocycles. The summed E-state index contributed by atoms with van der Waals surface area (Å²) in [6, 6.07) is 6.34. The highest BCUT2D eigenvalue weighted by atomic mass is 35.5. The number of carbonyl (C=O) groups is 1. The van der Waals surface area contributed by atoms with Gasteiger partial charge >= 0.3 is 12.3 Å². The van der Waals surface area contributed by atoms with Crippen LogP contribution in [0.15, 0.2) is 35.4 Å². The molecule has 1 aliphatic rings. The van der Waals surface area contributed by atoms with E-state index in [1.165, 1.54) is 23.5 Å². The lowest BCUT2D eigenvalue weighted by molar-refractivity contribution is -0.191. The second-order valence-electron chi connectivity index (χ2n) is 4.80. The van der Waals surface area contributed by atoms with E-state index in [-0.39, 0.29) is 16.3 Å². The Kier molecular flexibility index (Phi) is 4.18. The van der Waals surface area contributed by atoms with Crippen molar-refractivity contribution in [2.24, 2.45) is 0 Å². The van der Waals surface area contributed by atoms with Gasteiger partial charge in [-0.05, 0) is 29.7 Å². The molecule has 0 amide bonds. The zero-order valence-corrected chi connectivity index (χ0v) is 13.2. The van der Waals surface area contributed by atoms with Crippen molar-refractivity contribution in [3.63, 3.8) is 0 Å². The molecule has 0 aliphatic carbocycles. The van der Waals surface area contributed by atoms with Crippen molar-refractivity contribution in [3.8, 4) is 16.2 Å². The van der Waals surface area contributed by atoms with E-state index in [2.05, 4.69) is 4.74 Å². The first-order valence-electron chi connectivity index (χ1n) is 6.49. The number of hydrogen-bond acceptors (Lipinski definition) is 4. The molecule has 0 fully saturated rings. The smallest absolute Gasteiger partial charge is 0.472 e. The topological polar surface area (TPSA) is 55.8 Å². The number of thiophene rings is 1. The average molecular weight is 377 g/mol. The summed E-state index contributed by atoms with van der Waals surface area (Å²) >= 11 is 7.33. The molecule has 1 unspecified atom stereocenters. The summed E-state index contributed by atoms with van der Waals surface area (Å²) in [7, 11) is 0. The van der Waals surface area contributed by atoms with Crippen molar-refractivity contribution >= 4 is 35.2 Å². The predicted octanol–water partition coefficient (Wildman–Crippen LogP) is 5.43. The fraction of sp³-hybridized carbons (Fsp3) is 0.133. The van der Waals surface area contributed by atoms with Gasteiger partial charge in [-0.15, -0.1) is 11.3 Å². The number of rotatable bonds is 2. The van der Waals surface area contributed by atoms with Crippen molar-refractivity contribution in [1.29, 1.82) is 0 Å². The minimum absolute atomic E-state index is 0.0260. The van der Waals surface area contributed by atoms with E-state index in [0.29, 0.717) is 10.4 Å². The second-order valence-corrected chi connectivity index (χ2v) is 6.19. The van der Waals surface area contributed by atoms with Crippen LogP contribution in [0, 0.1) is 0 Å². The molecule has 126 valence electrons. The molecule has 1 aliphatic heterocycles. The number of ether oxygens (including phenoxy) is 2. The van der Waals surface area contributed by atoms with Crippen LogP contribution in [0.3, 0.4) is 0 Å². The maximum Gasteiger partial charge on any atom is 0.511 e. The van der Waals surface area contributed by atoms with E-state index in [9.17, 15) is 18.0 Å². The average Bonchev–Trinajstić information content (AvgIpc) is 2.97. The molecule has 24 heavy (non-hydrogen) atoms. The van der Waals surface area contributed by atoms with Crippen LogP contribution in [-0.2, 0) is 4.74 Å². The van der Waals surface area contributed by atoms with Crippen LogP contribution in [0.5, 0.6) is 5.75 Å². The largest absolute Gasteiger partial charge is 0.511 e. The maximum absolute atomic E-state index is 13.2. The van der Waals surface area contributed by atoms with Crippen LogP contribution in [-0.4, -0.2) is 23.5 Å². The standard InChI is InChI=1S/C15H8ClF3O4S/c16-8-4-7-5-10(22-14(20)21)13(15(17,18)19)23-12(7)9(6-8)11-2-1-3-24-11/h1-6,13H,(H,20,21). The van der Waals surface area contributed by atoms with Crippen molar-refractivity contribution < 1.29 is 32.5 Å². The minimum atomic E-state index is -4.84. The van der Waals surface area contributed by atoms with Gasteiger partial charge in [-0.3, -0.25) is 0 Å². The van der Waals surface area contributed by atoms with Crippen LogP contribution >= 0.6 is 22.9 Å². The van der Waals surface area contributed by atoms with Crippen LogP contribution < -0.4 is 4.74 Å². The molecule has 0 saturated carbocycles. The SMILES string of the molecule is O=C(O)OC1=Cc2cc(Cl)cc(-c3cccs3)c2OC1C(F)(F)F. The van der Waals surface area contributed by atoms with E-state index in [1.807, 2.05) is 0 Å². The van der Waals surface area contributed by atoms with Crippen molar-refractivity contribution in [3.05, 3.63) is 46.0 Å². The lowest BCUT2D eigenvalue weighted by Gasteiger charge is -2.28. The molecule has 1 atom stereocenters. The molecule has 0 spiro atoms. The Morgan fingerprint density at radius 2 is 2.12 bits per heavy atom. The number of carboxylic acid groups (broad SMARTS) is 1. The summed E-state index contributed by atoms with van der Waals surface area (Å²) in [5.41, 5.74) is 0.607. The number of fused-ring (bicyclic) bond motifs is 1. The van der Waals surface area contributed by atoms with Gasteiger partial charge in [0.15, 0.2) is 5.76 Å². The van der Waals surface area contributed by atoms with E-state index < -0.39 is 24.2 Å². The summed E-state index contributed by atoms with van der Waals surface area (Å²) < 4.78 is 49.0. The van der Waals surface area contributed by atoms with Gasteiger partial charge in [0.1, 0.15) is 5.75 Å². The molecular formula is C15H8ClF3O4S. The number of halogens is 4. The lowest BCUT2D eigenvalue weighted by atomic mass is 10.0. The highest BCUT2D eigenvalue weighted by molar-refractivity contribution is 7.13. The fourth-order valence-corrected chi connectivity index (χ4v) is 3.25. The Bertz CT molecular complexity index is 815. The molecule has 0 saturated heterocycles. The van der Waals surface area contributed by atoms with Gasteiger partial charge in [-0.2, -0.15) is 13.2 Å². The first-order valence-corrected chi connectivity index (χ1v) is 7.74. The van der Waals surface area contributed by atoms with Gasteiger partial charge in [0, 0.05) is 21.0 Å². The second kappa shape index (κ2) is 6.03. The molecule has 1 N–H and O–H groups in total. The third-order valence-corrected chi connectivity index (χ3v) is 4.28.